The van der Waals surface area contributed by atoms with Gasteiger partial charge in [0.05, 0.1) is 0 Å². The second-order valence-corrected chi connectivity index (χ2v) is 9.05. The molecule has 1 saturated heterocycles. The number of halogens is 1. The smallest absolute Gasteiger partial charge is 0.315 e. The van der Waals surface area contributed by atoms with Crippen molar-refractivity contribution >= 4 is 24.3 Å². The maximum absolute atomic E-state index is 12.8. The molecule has 4 N–H and O–H groups in total. The number of hydrogen-bond donors (Lipinski definition) is 3. The van der Waals surface area contributed by atoms with Crippen LogP contribution < -0.4 is 16.4 Å². The molecule has 1 heterocycles. The Hall–Kier alpha value is -1.01. The highest BCUT2D eigenvalue weighted by Crippen LogP contribution is 2.39. The van der Waals surface area contributed by atoms with Crippen LogP contribution in [0.15, 0.2) is 0 Å². The second-order valence-electron chi connectivity index (χ2n) is 9.05. The quantitative estimate of drug-likeness (QED) is 0.644. The fourth-order valence-electron chi connectivity index (χ4n) is 5.12. The number of nitrogens with zero attached hydrogens (tertiary/aromatic N) is 1. The summed E-state index contributed by atoms with van der Waals surface area (Å²) in [5.41, 5.74) is 6.08. The summed E-state index contributed by atoms with van der Waals surface area (Å²) in [6.45, 7) is 2.11. The van der Waals surface area contributed by atoms with E-state index in [0.29, 0.717) is 19.0 Å². The molecule has 0 spiro atoms. The number of nitrogens with one attached hydrogen (secondary N) is 2. The van der Waals surface area contributed by atoms with Crippen molar-refractivity contribution in [2.75, 3.05) is 19.6 Å². The van der Waals surface area contributed by atoms with Crippen LogP contribution >= 0.6 is 12.4 Å². The molecule has 2 saturated carbocycles. The van der Waals surface area contributed by atoms with E-state index in [1.165, 1.54) is 38.5 Å². The van der Waals surface area contributed by atoms with E-state index in [9.17, 15) is 9.59 Å². The van der Waals surface area contributed by atoms with Crippen LogP contribution in [0.2, 0.25) is 0 Å². The summed E-state index contributed by atoms with van der Waals surface area (Å²) in [6, 6.07) is 0.482. The molecule has 0 bridgehead atoms. The largest absolute Gasteiger partial charge is 0.343 e. The molecule has 0 aromatic carbocycles. The van der Waals surface area contributed by atoms with Gasteiger partial charge in [-0.1, -0.05) is 38.5 Å². The van der Waals surface area contributed by atoms with Gasteiger partial charge in [-0.15, -0.1) is 12.4 Å². The summed E-state index contributed by atoms with van der Waals surface area (Å²) < 4.78 is 0. The van der Waals surface area contributed by atoms with E-state index in [4.69, 9.17) is 5.73 Å². The fraction of sp³-hybridized carbons (Fsp3) is 0.905. The third-order valence-electron chi connectivity index (χ3n) is 7.00. The molecule has 7 heteroatoms. The number of piperidine rings is 1. The highest BCUT2D eigenvalue weighted by molar-refractivity contribution is 5.85. The first kappa shape index (κ1) is 23.3. The van der Waals surface area contributed by atoms with Crippen molar-refractivity contribution in [2.24, 2.45) is 11.1 Å². The van der Waals surface area contributed by atoms with E-state index in [2.05, 4.69) is 10.6 Å². The van der Waals surface area contributed by atoms with Gasteiger partial charge in [-0.3, -0.25) is 4.79 Å². The highest BCUT2D eigenvalue weighted by atomic mass is 35.5. The Balaban J connectivity index is 0.00000280. The molecule has 3 amide bonds. The van der Waals surface area contributed by atoms with Gasteiger partial charge in [0.25, 0.3) is 0 Å². The molecule has 0 atom stereocenters. The average Bonchev–Trinajstić information content (AvgIpc) is 2.70. The zero-order chi connectivity index (χ0) is 19.1. The fourth-order valence-corrected chi connectivity index (χ4v) is 5.12. The van der Waals surface area contributed by atoms with Crippen molar-refractivity contribution in [3.05, 3.63) is 0 Å². The van der Waals surface area contributed by atoms with Gasteiger partial charge in [0.2, 0.25) is 5.91 Å². The van der Waals surface area contributed by atoms with Gasteiger partial charge in [-0.2, -0.15) is 0 Å². The van der Waals surface area contributed by atoms with E-state index < -0.39 is 0 Å². The summed E-state index contributed by atoms with van der Waals surface area (Å²) in [5, 5.41) is 6.24. The third-order valence-corrected chi connectivity index (χ3v) is 7.00. The van der Waals surface area contributed by atoms with Crippen molar-refractivity contribution in [1.82, 2.24) is 15.5 Å². The minimum atomic E-state index is -0.0315. The number of rotatable bonds is 5. The van der Waals surface area contributed by atoms with Crippen LogP contribution in [-0.2, 0) is 4.79 Å². The van der Waals surface area contributed by atoms with Gasteiger partial charge in [-0.05, 0) is 50.5 Å². The molecule has 162 valence electrons. The van der Waals surface area contributed by atoms with Gasteiger partial charge in [0, 0.05) is 31.6 Å². The first-order valence-electron chi connectivity index (χ1n) is 11.2. The number of amides is 3. The van der Waals surface area contributed by atoms with E-state index >= 15 is 0 Å². The number of carbonyl (C=O) groups excluding carboxylic acids is 2. The molecule has 0 radical (unpaired) electrons. The summed E-state index contributed by atoms with van der Waals surface area (Å²) in [5.74, 6) is 0.257. The van der Waals surface area contributed by atoms with E-state index in [1.54, 1.807) is 0 Å². The van der Waals surface area contributed by atoms with Crippen molar-refractivity contribution in [2.45, 2.75) is 95.6 Å². The van der Waals surface area contributed by atoms with Gasteiger partial charge >= 0.3 is 6.03 Å². The molecule has 1 aliphatic heterocycles. The Kier molecular flexibility index (Phi) is 9.35. The van der Waals surface area contributed by atoms with Crippen LogP contribution in [0, 0.1) is 5.41 Å². The van der Waals surface area contributed by atoms with Crippen LogP contribution in [0.5, 0.6) is 0 Å². The summed E-state index contributed by atoms with van der Waals surface area (Å²) in [4.78, 5) is 27.0. The maximum Gasteiger partial charge on any atom is 0.315 e. The van der Waals surface area contributed by atoms with Crippen LogP contribution in [0.3, 0.4) is 0 Å². The number of urea groups is 1. The van der Waals surface area contributed by atoms with Gasteiger partial charge in [0.1, 0.15) is 0 Å². The van der Waals surface area contributed by atoms with Crippen molar-refractivity contribution in [3.63, 3.8) is 0 Å². The van der Waals surface area contributed by atoms with Crippen LogP contribution in [0.25, 0.3) is 0 Å². The Morgan fingerprint density at radius 1 is 0.857 bits per heavy atom. The molecule has 28 heavy (non-hydrogen) atoms. The standard InChI is InChI=1S/C21H38N4O2.ClH/c22-16-21(11-5-2-6-12-21)15-19(26)25-13-9-18(10-14-25)24-20(27)23-17-7-3-1-4-8-17;/h17-18H,1-16,22H2,(H2,23,24,27);1H. The lowest BCUT2D eigenvalue weighted by Crippen LogP contribution is -2.51. The topological polar surface area (TPSA) is 87.5 Å². The van der Waals surface area contributed by atoms with Gasteiger partial charge < -0.3 is 21.3 Å². The van der Waals surface area contributed by atoms with Gasteiger partial charge in [-0.25, -0.2) is 4.79 Å². The molecular weight excluding hydrogens is 376 g/mol. The molecular formula is C21H39ClN4O2. The molecule has 3 rings (SSSR count). The van der Waals surface area contributed by atoms with E-state index in [-0.39, 0.29) is 35.8 Å². The Morgan fingerprint density at radius 2 is 1.39 bits per heavy atom. The second kappa shape index (κ2) is 11.2. The number of likely N-dealkylation sites (tertiary alicyclic amines) is 1. The average molecular weight is 415 g/mol. The highest BCUT2D eigenvalue weighted by Gasteiger charge is 2.35. The summed E-state index contributed by atoms with van der Waals surface area (Å²) in [6.07, 6.45) is 14.1. The van der Waals surface area contributed by atoms with Crippen LogP contribution in [0.1, 0.15) is 83.5 Å². The number of nitrogens with two attached hydrogens (primary N) is 1. The minimum absolute atomic E-state index is 0. The zero-order valence-electron chi connectivity index (χ0n) is 17.2. The van der Waals surface area contributed by atoms with Crippen molar-refractivity contribution in [1.29, 1.82) is 0 Å². The third kappa shape index (κ3) is 6.51. The molecule has 0 unspecified atom stereocenters. The van der Waals surface area contributed by atoms with E-state index in [0.717, 1.165) is 51.6 Å². The SMILES string of the molecule is Cl.NCC1(CC(=O)N2CCC(NC(=O)NC3CCCCC3)CC2)CCCCC1. The van der Waals surface area contributed by atoms with E-state index in [1.807, 2.05) is 4.90 Å². The minimum Gasteiger partial charge on any atom is -0.343 e. The van der Waals surface area contributed by atoms with Crippen molar-refractivity contribution < 1.29 is 9.59 Å². The lowest BCUT2D eigenvalue weighted by Gasteiger charge is -2.39. The van der Waals surface area contributed by atoms with Crippen LogP contribution in [-0.4, -0.2) is 48.6 Å². The Morgan fingerprint density at radius 3 is 1.96 bits per heavy atom. The Bertz CT molecular complexity index is 497. The first-order chi connectivity index (χ1) is 13.1. The zero-order valence-corrected chi connectivity index (χ0v) is 18.0. The normalized spacial score (nSPS) is 23.5. The van der Waals surface area contributed by atoms with Crippen LogP contribution in [0.4, 0.5) is 4.79 Å². The monoisotopic (exact) mass is 414 g/mol. The summed E-state index contributed by atoms with van der Waals surface area (Å²) >= 11 is 0. The lowest BCUT2D eigenvalue weighted by atomic mass is 9.71. The first-order valence-corrected chi connectivity index (χ1v) is 11.2. The molecule has 0 aromatic rings. The predicted molar refractivity (Wildman–Crippen MR) is 115 cm³/mol. The maximum atomic E-state index is 12.8. The Labute approximate surface area is 176 Å². The van der Waals surface area contributed by atoms with Crippen molar-refractivity contribution in [3.8, 4) is 0 Å². The van der Waals surface area contributed by atoms with Gasteiger partial charge in [0.15, 0.2) is 0 Å². The summed E-state index contributed by atoms with van der Waals surface area (Å²) in [7, 11) is 0. The molecule has 6 nitrogen and oxygen atoms in total. The predicted octanol–water partition coefficient (Wildman–Crippen LogP) is 3.33. The molecule has 3 fully saturated rings. The lowest BCUT2D eigenvalue weighted by molar-refractivity contribution is -0.135. The molecule has 3 aliphatic rings. The number of hydrogen-bond acceptors (Lipinski definition) is 3. The molecule has 0 aromatic heterocycles. The molecule has 2 aliphatic carbocycles. The number of carbonyl (C=O) groups is 2.